The van der Waals surface area contributed by atoms with Gasteiger partial charge in [-0.15, -0.1) is 0 Å². The first kappa shape index (κ1) is 19.4. The summed E-state index contributed by atoms with van der Waals surface area (Å²) in [5.74, 6) is -2.55. The van der Waals surface area contributed by atoms with Crippen LogP contribution in [0.3, 0.4) is 0 Å². The van der Waals surface area contributed by atoms with Gasteiger partial charge in [-0.2, -0.15) is 0 Å². The molecule has 0 radical (unpaired) electrons. The van der Waals surface area contributed by atoms with Crippen LogP contribution in [0.25, 0.3) is 0 Å². The monoisotopic (exact) mass is 336 g/mol. The number of carbonyl (C=O) groups is 3. The molecule has 1 unspecified atom stereocenters. The average Bonchev–Trinajstić information content (AvgIpc) is 2.56. The molecule has 130 valence electrons. The lowest BCUT2D eigenvalue weighted by Gasteiger charge is -2.12. The number of hydrogen-bond acceptors (Lipinski definition) is 6. The van der Waals surface area contributed by atoms with Crippen LogP contribution in [-0.2, 0) is 14.3 Å². The van der Waals surface area contributed by atoms with E-state index in [0.29, 0.717) is 12.0 Å². The predicted molar refractivity (Wildman–Crippen MR) is 84.7 cm³/mol. The van der Waals surface area contributed by atoms with E-state index in [-0.39, 0.29) is 30.8 Å². The largest absolute Gasteiger partial charge is 0.478 e. The fourth-order valence-corrected chi connectivity index (χ4v) is 1.79. The Morgan fingerprint density at radius 1 is 1.17 bits per heavy atom. The first-order valence-corrected chi connectivity index (χ1v) is 7.33. The van der Waals surface area contributed by atoms with E-state index < -0.39 is 24.0 Å². The number of ether oxygens (including phenoxy) is 2. The molecule has 0 heterocycles. The van der Waals surface area contributed by atoms with Crippen molar-refractivity contribution in [3.63, 3.8) is 0 Å². The van der Waals surface area contributed by atoms with Crippen LogP contribution >= 0.6 is 0 Å². The van der Waals surface area contributed by atoms with Crippen LogP contribution in [0.15, 0.2) is 36.4 Å². The van der Waals surface area contributed by atoms with Gasteiger partial charge in [-0.05, 0) is 31.9 Å². The van der Waals surface area contributed by atoms with E-state index in [2.05, 4.69) is 6.58 Å². The van der Waals surface area contributed by atoms with Gasteiger partial charge in [-0.3, -0.25) is 0 Å². The van der Waals surface area contributed by atoms with Crippen molar-refractivity contribution >= 4 is 17.9 Å². The Bertz CT molecular complexity index is 621. The molecule has 1 rings (SSSR count). The molecule has 7 nitrogen and oxygen atoms in total. The third-order valence-electron chi connectivity index (χ3n) is 3.05. The molecule has 7 heteroatoms. The molecule has 0 aliphatic carbocycles. The lowest BCUT2D eigenvalue weighted by atomic mass is 10.1. The van der Waals surface area contributed by atoms with Crippen molar-refractivity contribution in [2.75, 3.05) is 13.2 Å². The van der Waals surface area contributed by atoms with E-state index in [1.165, 1.54) is 31.2 Å². The molecule has 0 amide bonds. The summed E-state index contributed by atoms with van der Waals surface area (Å²) < 4.78 is 9.79. The normalized spacial score (nSPS) is 11.4. The number of hydrogen-bond donors (Lipinski definition) is 2. The van der Waals surface area contributed by atoms with Gasteiger partial charge in [0.2, 0.25) is 0 Å². The van der Waals surface area contributed by atoms with Crippen molar-refractivity contribution in [1.82, 2.24) is 0 Å². The Labute approximate surface area is 139 Å². The summed E-state index contributed by atoms with van der Waals surface area (Å²) in [4.78, 5) is 34.1. The Hall–Kier alpha value is -2.67. The average molecular weight is 336 g/mol. The molecule has 0 aliphatic heterocycles. The zero-order chi connectivity index (χ0) is 18.1. The van der Waals surface area contributed by atoms with Crippen molar-refractivity contribution in [2.45, 2.75) is 25.9 Å². The molecule has 2 N–H and O–H groups in total. The third-order valence-corrected chi connectivity index (χ3v) is 3.05. The highest BCUT2D eigenvalue weighted by Gasteiger charge is 2.18. The van der Waals surface area contributed by atoms with Crippen LogP contribution in [0.2, 0.25) is 0 Å². The second kappa shape index (κ2) is 9.46. The van der Waals surface area contributed by atoms with Gasteiger partial charge < -0.3 is 19.7 Å². The molecule has 0 spiro atoms. The quantitative estimate of drug-likeness (QED) is 0.402. The number of aromatic carboxylic acids is 1. The number of carbonyl (C=O) groups excluding carboxylic acids is 2. The first-order chi connectivity index (χ1) is 11.3. The standard InChI is InChI=1S/C17H20O7/c1-11(2)16(21)23-9-5-6-12(18)10-24-17(22)14-8-4-3-7-13(14)15(19)20/h3-4,7-8,12,18H,1,5-6,9-10H2,2H3,(H,19,20). The minimum atomic E-state index is -1.23. The number of aliphatic hydroxyl groups is 1. The second-order valence-corrected chi connectivity index (χ2v) is 5.16. The molecule has 0 aromatic heterocycles. The number of carboxylic acid groups (broad SMARTS) is 1. The molecule has 0 saturated heterocycles. The molecule has 24 heavy (non-hydrogen) atoms. The number of rotatable bonds is 9. The fraction of sp³-hybridized carbons (Fsp3) is 0.353. The van der Waals surface area contributed by atoms with Gasteiger partial charge in [0.05, 0.1) is 23.8 Å². The van der Waals surface area contributed by atoms with Gasteiger partial charge in [0, 0.05) is 5.57 Å². The van der Waals surface area contributed by atoms with Gasteiger partial charge >= 0.3 is 17.9 Å². The van der Waals surface area contributed by atoms with Crippen LogP contribution in [0.4, 0.5) is 0 Å². The minimum absolute atomic E-state index is 0.0763. The highest BCUT2D eigenvalue weighted by molar-refractivity contribution is 6.02. The maximum Gasteiger partial charge on any atom is 0.339 e. The SMILES string of the molecule is C=C(C)C(=O)OCCCC(O)COC(=O)c1ccccc1C(=O)O. The van der Waals surface area contributed by atoms with Gasteiger partial charge in [0.1, 0.15) is 6.61 Å². The highest BCUT2D eigenvalue weighted by Crippen LogP contribution is 2.11. The maximum absolute atomic E-state index is 11.9. The van der Waals surface area contributed by atoms with Crippen LogP contribution in [0.5, 0.6) is 0 Å². The van der Waals surface area contributed by atoms with Crippen molar-refractivity contribution in [2.24, 2.45) is 0 Å². The van der Waals surface area contributed by atoms with E-state index >= 15 is 0 Å². The molecular formula is C17H20O7. The highest BCUT2D eigenvalue weighted by atomic mass is 16.5. The van der Waals surface area contributed by atoms with Gasteiger partial charge in [0.15, 0.2) is 0 Å². The Morgan fingerprint density at radius 3 is 2.38 bits per heavy atom. The first-order valence-electron chi connectivity index (χ1n) is 7.33. The fourth-order valence-electron chi connectivity index (χ4n) is 1.79. The number of esters is 2. The summed E-state index contributed by atoms with van der Waals surface area (Å²) in [7, 11) is 0. The molecule has 1 aromatic rings. The minimum Gasteiger partial charge on any atom is -0.478 e. The molecule has 0 bridgehead atoms. The molecular weight excluding hydrogens is 316 g/mol. The van der Waals surface area contributed by atoms with Crippen LogP contribution in [0, 0.1) is 0 Å². The Kier molecular flexibility index (Phi) is 7.64. The van der Waals surface area contributed by atoms with Crippen LogP contribution < -0.4 is 0 Å². The van der Waals surface area contributed by atoms with Gasteiger partial charge in [-0.25, -0.2) is 14.4 Å². The van der Waals surface area contributed by atoms with Crippen molar-refractivity contribution in [3.05, 3.63) is 47.5 Å². The van der Waals surface area contributed by atoms with Gasteiger partial charge in [0.25, 0.3) is 0 Å². The van der Waals surface area contributed by atoms with Crippen molar-refractivity contribution in [3.8, 4) is 0 Å². The Morgan fingerprint density at radius 2 is 1.79 bits per heavy atom. The zero-order valence-electron chi connectivity index (χ0n) is 13.4. The van der Waals surface area contributed by atoms with E-state index in [4.69, 9.17) is 14.6 Å². The predicted octanol–water partition coefficient (Wildman–Crippen LogP) is 1.80. The van der Waals surface area contributed by atoms with E-state index in [1.807, 2.05) is 0 Å². The van der Waals surface area contributed by atoms with Crippen molar-refractivity contribution < 1.29 is 34.1 Å². The molecule has 1 aromatic carbocycles. The van der Waals surface area contributed by atoms with Crippen LogP contribution in [0.1, 0.15) is 40.5 Å². The molecule has 1 atom stereocenters. The van der Waals surface area contributed by atoms with E-state index in [1.54, 1.807) is 0 Å². The number of aliphatic hydroxyl groups excluding tert-OH is 1. The smallest absolute Gasteiger partial charge is 0.339 e. The summed E-state index contributed by atoms with van der Waals surface area (Å²) in [5.41, 5.74) is 0.0536. The molecule has 0 fully saturated rings. The lowest BCUT2D eigenvalue weighted by molar-refractivity contribution is -0.139. The topological polar surface area (TPSA) is 110 Å². The summed E-state index contributed by atoms with van der Waals surface area (Å²) in [5, 5.41) is 18.8. The van der Waals surface area contributed by atoms with E-state index in [0.717, 1.165) is 0 Å². The van der Waals surface area contributed by atoms with Crippen molar-refractivity contribution in [1.29, 1.82) is 0 Å². The third kappa shape index (κ3) is 6.21. The zero-order valence-corrected chi connectivity index (χ0v) is 13.4. The molecule has 0 aliphatic rings. The Balaban J connectivity index is 2.38. The van der Waals surface area contributed by atoms with E-state index in [9.17, 15) is 19.5 Å². The summed E-state index contributed by atoms with van der Waals surface area (Å²) >= 11 is 0. The lowest BCUT2D eigenvalue weighted by Crippen LogP contribution is -2.20. The summed E-state index contributed by atoms with van der Waals surface area (Å²) in [6.07, 6.45) is -0.282. The van der Waals surface area contributed by atoms with Gasteiger partial charge in [-0.1, -0.05) is 18.7 Å². The number of benzene rings is 1. The molecule has 0 saturated carbocycles. The summed E-state index contributed by atoms with van der Waals surface area (Å²) in [6.45, 7) is 4.82. The van der Waals surface area contributed by atoms with Crippen LogP contribution in [-0.4, -0.2) is 47.4 Å². The number of carboxylic acids is 1. The maximum atomic E-state index is 11.9. The summed E-state index contributed by atoms with van der Waals surface area (Å²) in [6, 6.07) is 5.66. The second-order valence-electron chi connectivity index (χ2n) is 5.16.